The quantitative estimate of drug-likeness (QED) is 0.646. The number of nitrogens with one attached hydrogen (secondary N) is 2. The molecule has 0 aliphatic rings. The van der Waals surface area contributed by atoms with Crippen LogP contribution in [0.1, 0.15) is 5.56 Å². The number of methoxy groups -OCH3 is 2. The van der Waals surface area contributed by atoms with Gasteiger partial charge in [-0.15, -0.1) is 0 Å². The van der Waals surface area contributed by atoms with Gasteiger partial charge in [0.05, 0.1) is 0 Å². The van der Waals surface area contributed by atoms with Crippen molar-refractivity contribution in [2.24, 2.45) is 0 Å². The summed E-state index contributed by atoms with van der Waals surface area (Å²) < 4.78 is 37.2. The molecule has 2 amide bonds. The van der Waals surface area contributed by atoms with Crippen LogP contribution in [0.3, 0.4) is 0 Å². The fraction of sp³-hybridized carbons (Fsp3) is 0.214. The first-order valence-electron chi connectivity index (χ1n) is 6.84. The molecule has 0 bridgehead atoms. The molecule has 0 spiro atoms. The molecule has 2 aromatic rings. The summed E-state index contributed by atoms with van der Waals surface area (Å²) in [5.41, 5.74) is 0.502. The van der Waals surface area contributed by atoms with E-state index in [-0.39, 0.29) is 22.6 Å². The Morgan fingerprint density at radius 1 is 1.16 bits per heavy atom. The van der Waals surface area contributed by atoms with Gasteiger partial charge in [0.15, 0.2) is 0 Å². The van der Waals surface area contributed by atoms with Gasteiger partial charge in [-0.1, -0.05) is 0 Å². The van der Waals surface area contributed by atoms with E-state index in [1.165, 1.54) is 26.4 Å². The first-order valence-corrected chi connectivity index (χ1v) is 9.18. The number of nitrogens with zero attached hydrogens (tertiary/aromatic N) is 2. The predicted molar refractivity (Wildman–Crippen MR) is 91.0 cm³/mol. The average Bonchev–Trinajstić information content (AvgIpc) is 2.56. The molecule has 9 nitrogen and oxygen atoms in total. The van der Waals surface area contributed by atoms with Crippen LogP contribution in [0.2, 0.25) is 0 Å². The van der Waals surface area contributed by atoms with Crippen LogP contribution in [-0.2, 0) is 10.0 Å². The van der Waals surface area contributed by atoms with Gasteiger partial charge >= 0.3 is 153 Å². The molecular formula is C14H15N4O5SSe. The van der Waals surface area contributed by atoms with Crippen molar-refractivity contribution in [3.63, 3.8) is 0 Å². The Morgan fingerprint density at radius 2 is 1.76 bits per heavy atom. The second kappa shape index (κ2) is 7.68. The first kappa shape index (κ1) is 19.0. The number of carbonyl (C=O) groups excluding carboxylic acids is 1. The second-order valence-corrected chi connectivity index (χ2v) is 7.29. The minimum absolute atomic E-state index is 0.0111. The number of urea groups is 1. The minimum atomic E-state index is -4.06. The van der Waals surface area contributed by atoms with E-state index in [4.69, 9.17) is 9.47 Å². The normalized spacial score (nSPS) is 10.8. The van der Waals surface area contributed by atoms with E-state index in [0.717, 1.165) is 0 Å². The Labute approximate surface area is 153 Å². The first-order chi connectivity index (χ1) is 11.8. The van der Waals surface area contributed by atoms with Gasteiger partial charge in [-0.3, -0.25) is 0 Å². The van der Waals surface area contributed by atoms with Gasteiger partial charge in [-0.05, 0) is 0 Å². The SMILES string of the molecule is COc1cc(OC)nc(NC(=O)NS(=O)(=O)c2cccc([Se])c2C)n1. The van der Waals surface area contributed by atoms with Crippen LogP contribution in [0, 0.1) is 6.92 Å². The molecule has 0 atom stereocenters. The molecule has 2 N–H and O–H groups in total. The van der Waals surface area contributed by atoms with Crippen LogP contribution in [0.25, 0.3) is 0 Å². The zero-order valence-corrected chi connectivity index (χ0v) is 16.1. The van der Waals surface area contributed by atoms with E-state index in [1.54, 1.807) is 19.1 Å². The molecule has 0 fully saturated rings. The maximum atomic E-state index is 12.4. The molecule has 0 saturated heterocycles. The number of carbonyl (C=O) groups is 1. The van der Waals surface area contributed by atoms with Gasteiger partial charge in [0.25, 0.3) is 0 Å². The monoisotopic (exact) mass is 431 g/mol. The molecule has 0 saturated carbocycles. The zero-order chi connectivity index (χ0) is 18.6. The van der Waals surface area contributed by atoms with Gasteiger partial charge in [-0.2, -0.15) is 0 Å². The van der Waals surface area contributed by atoms with Crippen LogP contribution in [0.15, 0.2) is 29.2 Å². The molecule has 1 heterocycles. The summed E-state index contributed by atoms with van der Waals surface area (Å²) in [6.45, 7) is 1.63. The van der Waals surface area contributed by atoms with Crippen molar-refractivity contribution in [2.45, 2.75) is 11.8 Å². The molecule has 1 aromatic heterocycles. The van der Waals surface area contributed by atoms with Crippen molar-refractivity contribution >= 4 is 42.5 Å². The molecular weight excluding hydrogens is 415 g/mol. The molecule has 1 radical (unpaired) electrons. The van der Waals surface area contributed by atoms with Crippen LogP contribution >= 0.6 is 0 Å². The van der Waals surface area contributed by atoms with Crippen molar-refractivity contribution in [1.82, 2.24) is 14.7 Å². The van der Waals surface area contributed by atoms with Crippen molar-refractivity contribution < 1.29 is 22.7 Å². The van der Waals surface area contributed by atoms with Gasteiger partial charge < -0.3 is 0 Å². The Bertz CT molecular complexity index is 882. The summed E-state index contributed by atoms with van der Waals surface area (Å²) in [7, 11) is -1.30. The van der Waals surface area contributed by atoms with E-state index >= 15 is 0 Å². The van der Waals surface area contributed by atoms with Gasteiger partial charge in [0.2, 0.25) is 0 Å². The Hall–Kier alpha value is -2.36. The number of amides is 2. The summed E-state index contributed by atoms with van der Waals surface area (Å²) in [5, 5.41) is 2.23. The Kier molecular flexibility index (Phi) is 5.83. The second-order valence-electron chi connectivity index (χ2n) is 4.72. The molecule has 0 unspecified atom stereocenters. The summed E-state index contributed by atoms with van der Waals surface area (Å²) >= 11 is 2.76. The predicted octanol–water partition coefficient (Wildman–Crippen LogP) is 0.106. The summed E-state index contributed by atoms with van der Waals surface area (Å²) in [5.74, 6) is 0.128. The average molecular weight is 430 g/mol. The fourth-order valence-electron chi connectivity index (χ4n) is 1.86. The van der Waals surface area contributed by atoms with Gasteiger partial charge in [0, 0.05) is 0 Å². The van der Waals surface area contributed by atoms with Crippen LogP contribution < -0.4 is 24.0 Å². The summed E-state index contributed by atoms with van der Waals surface area (Å²) in [6.07, 6.45) is 0. The number of ether oxygens (including phenoxy) is 2. The molecule has 0 aliphatic heterocycles. The summed E-state index contributed by atoms with van der Waals surface area (Å²) in [4.78, 5) is 19.8. The van der Waals surface area contributed by atoms with Crippen molar-refractivity contribution in [2.75, 3.05) is 19.5 Å². The van der Waals surface area contributed by atoms with Crippen LogP contribution in [0.4, 0.5) is 10.7 Å². The van der Waals surface area contributed by atoms with Crippen molar-refractivity contribution in [1.29, 1.82) is 0 Å². The number of benzene rings is 1. The Balaban J connectivity index is 2.21. The van der Waals surface area contributed by atoms with E-state index in [9.17, 15) is 13.2 Å². The topological polar surface area (TPSA) is 120 Å². The standard InChI is InChI=1S/C14H15N4O5SSe/c1-8-9(5-4-6-10(8)25)24(20,21)18-14(19)17-13-15-11(22-2)7-12(16-13)23-3/h4-7H,1-3H3,(H2,15,16,17,18,19). The third-order valence-electron chi connectivity index (χ3n) is 3.07. The van der Waals surface area contributed by atoms with E-state index in [1.807, 2.05) is 4.72 Å². The third-order valence-corrected chi connectivity index (χ3v) is 5.48. The number of sulfonamides is 1. The number of hydrogen-bond acceptors (Lipinski definition) is 7. The van der Waals surface area contributed by atoms with Crippen LogP contribution in [-0.4, -0.2) is 54.6 Å². The van der Waals surface area contributed by atoms with E-state index < -0.39 is 16.1 Å². The molecule has 0 aliphatic carbocycles. The summed E-state index contributed by atoms with van der Waals surface area (Å²) in [6, 6.07) is 5.09. The van der Waals surface area contributed by atoms with Gasteiger partial charge in [-0.25, -0.2) is 0 Å². The third kappa shape index (κ3) is 4.59. The fourth-order valence-corrected chi connectivity index (χ4v) is 3.58. The van der Waals surface area contributed by atoms with Gasteiger partial charge in [0.1, 0.15) is 0 Å². The Morgan fingerprint density at radius 3 is 2.32 bits per heavy atom. The number of anilines is 1. The molecule has 1 aromatic carbocycles. The number of aromatic nitrogens is 2. The van der Waals surface area contributed by atoms with E-state index in [2.05, 4.69) is 31.3 Å². The molecule has 133 valence electrons. The molecule has 2 rings (SSSR count). The maximum absolute atomic E-state index is 12.4. The van der Waals surface area contributed by atoms with Crippen molar-refractivity contribution in [3.05, 3.63) is 29.8 Å². The van der Waals surface area contributed by atoms with E-state index in [0.29, 0.717) is 10.0 Å². The van der Waals surface area contributed by atoms with Crippen molar-refractivity contribution in [3.8, 4) is 11.8 Å². The molecule has 11 heteroatoms. The number of hydrogen-bond donors (Lipinski definition) is 2. The number of rotatable bonds is 5. The van der Waals surface area contributed by atoms with Crippen LogP contribution in [0.5, 0.6) is 11.8 Å². The molecule has 25 heavy (non-hydrogen) atoms. The zero-order valence-electron chi connectivity index (χ0n) is 13.6.